The van der Waals surface area contributed by atoms with Crippen molar-refractivity contribution < 1.29 is 14.3 Å². The van der Waals surface area contributed by atoms with Crippen LogP contribution in [0.2, 0.25) is 0 Å². The number of hydrogen-bond acceptors (Lipinski definition) is 6. The van der Waals surface area contributed by atoms with Crippen LogP contribution in [0.15, 0.2) is 87.8 Å². The number of allylic oxidation sites excluding steroid dienone is 1. The number of carbonyl (C=O) groups excluding carboxylic acids is 1. The van der Waals surface area contributed by atoms with Gasteiger partial charge >= 0.3 is 5.97 Å². The normalized spacial score (nSPS) is 15.0. The zero-order valence-electron chi connectivity index (χ0n) is 23.4. The Morgan fingerprint density at radius 1 is 1.00 bits per heavy atom. The van der Waals surface area contributed by atoms with E-state index in [4.69, 9.17) is 9.47 Å². The first-order valence-electron chi connectivity index (χ1n) is 13.3. The summed E-state index contributed by atoms with van der Waals surface area (Å²) in [6, 6.07) is 21.0. The Balaban J connectivity index is 1.47. The van der Waals surface area contributed by atoms with Gasteiger partial charge in [0.2, 0.25) is 0 Å². The average Bonchev–Trinajstić information content (AvgIpc) is 3.22. The zero-order chi connectivity index (χ0) is 28.4. The average molecular weight is 553 g/mol. The van der Waals surface area contributed by atoms with E-state index in [1.807, 2.05) is 60.7 Å². The van der Waals surface area contributed by atoms with Gasteiger partial charge in [0, 0.05) is 0 Å². The second kappa shape index (κ2) is 11.5. The number of benzene rings is 3. The predicted molar refractivity (Wildman–Crippen MR) is 158 cm³/mol. The topological polar surface area (TPSA) is 69.9 Å². The zero-order valence-corrected chi connectivity index (χ0v) is 24.2. The molecule has 0 unspecified atom stereocenters. The number of fused-ring (bicyclic) bond motifs is 1. The molecule has 1 aliphatic rings. The number of rotatable bonds is 7. The maximum Gasteiger partial charge on any atom is 0.338 e. The second-order valence-corrected chi connectivity index (χ2v) is 11.0. The van der Waals surface area contributed by atoms with Gasteiger partial charge in [-0.2, -0.15) is 0 Å². The molecule has 0 fully saturated rings. The highest BCUT2D eigenvalue weighted by Gasteiger charge is 2.33. The SMILES string of the molecule is CCOC(=O)C1=C(C)N=c2s/c(=C\c3ccc(OCc4c(C)cc(C)cc4C)cc3)c(=O)n2[C@H]1c1ccccc1. The Morgan fingerprint density at radius 3 is 2.33 bits per heavy atom. The van der Waals surface area contributed by atoms with Crippen molar-refractivity contribution in [3.05, 3.63) is 131 Å². The Labute approximate surface area is 237 Å². The van der Waals surface area contributed by atoms with E-state index in [0.29, 0.717) is 27.2 Å². The molecule has 0 radical (unpaired) electrons. The molecule has 7 heteroatoms. The number of thiazole rings is 1. The van der Waals surface area contributed by atoms with Crippen molar-refractivity contribution in [1.82, 2.24) is 4.57 Å². The number of ether oxygens (including phenoxy) is 2. The van der Waals surface area contributed by atoms with Crippen LogP contribution in [0.4, 0.5) is 0 Å². The fourth-order valence-corrected chi connectivity index (χ4v) is 6.19. The third-order valence-electron chi connectivity index (χ3n) is 7.03. The Bertz CT molecular complexity index is 1760. The van der Waals surface area contributed by atoms with E-state index in [0.717, 1.165) is 16.9 Å². The smallest absolute Gasteiger partial charge is 0.338 e. The van der Waals surface area contributed by atoms with Crippen molar-refractivity contribution in [2.24, 2.45) is 4.99 Å². The first-order valence-corrected chi connectivity index (χ1v) is 14.1. The number of hydrogen-bond donors (Lipinski definition) is 0. The van der Waals surface area contributed by atoms with Gasteiger partial charge in [-0.1, -0.05) is 71.5 Å². The summed E-state index contributed by atoms with van der Waals surface area (Å²) in [7, 11) is 0. The highest BCUT2D eigenvalue weighted by molar-refractivity contribution is 7.07. The van der Waals surface area contributed by atoms with E-state index >= 15 is 0 Å². The van der Waals surface area contributed by atoms with Crippen molar-refractivity contribution in [2.75, 3.05) is 6.61 Å². The molecule has 0 bridgehead atoms. The van der Waals surface area contributed by atoms with Gasteiger partial charge in [-0.25, -0.2) is 9.79 Å². The fourth-order valence-electron chi connectivity index (χ4n) is 5.15. The van der Waals surface area contributed by atoms with Crippen LogP contribution in [0.5, 0.6) is 5.75 Å². The third-order valence-corrected chi connectivity index (χ3v) is 8.02. The summed E-state index contributed by atoms with van der Waals surface area (Å²) in [4.78, 5) is 31.9. The summed E-state index contributed by atoms with van der Waals surface area (Å²) in [5, 5.41) is 0. The third kappa shape index (κ3) is 5.42. The van der Waals surface area contributed by atoms with Crippen LogP contribution < -0.4 is 19.6 Å². The highest BCUT2D eigenvalue weighted by Crippen LogP contribution is 2.30. The van der Waals surface area contributed by atoms with Gasteiger partial charge in [-0.15, -0.1) is 0 Å². The fraction of sp³-hybridized carbons (Fsp3) is 0.242. The summed E-state index contributed by atoms with van der Waals surface area (Å²) in [6.45, 7) is 10.6. The van der Waals surface area contributed by atoms with Crippen LogP contribution in [0.1, 0.15) is 53.3 Å². The Morgan fingerprint density at radius 2 is 1.68 bits per heavy atom. The van der Waals surface area contributed by atoms with Crippen molar-refractivity contribution in [3.63, 3.8) is 0 Å². The Hall–Kier alpha value is -4.23. The molecule has 4 aromatic rings. The van der Waals surface area contributed by atoms with Crippen LogP contribution in [-0.4, -0.2) is 17.1 Å². The number of aromatic nitrogens is 1. The molecule has 6 nitrogen and oxygen atoms in total. The molecule has 3 aromatic carbocycles. The summed E-state index contributed by atoms with van der Waals surface area (Å²) in [6.07, 6.45) is 1.85. The molecule has 0 saturated carbocycles. The maximum atomic E-state index is 13.7. The van der Waals surface area contributed by atoms with E-state index in [9.17, 15) is 9.59 Å². The molecule has 0 saturated heterocycles. The molecule has 0 N–H and O–H groups in total. The largest absolute Gasteiger partial charge is 0.489 e. The first kappa shape index (κ1) is 27.3. The molecule has 1 atom stereocenters. The monoisotopic (exact) mass is 552 g/mol. The van der Waals surface area contributed by atoms with E-state index in [1.54, 1.807) is 18.4 Å². The van der Waals surface area contributed by atoms with Gasteiger partial charge in [0.1, 0.15) is 12.4 Å². The first-order chi connectivity index (χ1) is 19.3. The lowest BCUT2D eigenvalue weighted by Gasteiger charge is -2.24. The minimum Gasteiger partial charge on any atom is -0.489 e. The van der Waals surface area contributed by atoms with Crippen LogP contribution in [0.3, 0.4) is 0 Å². The van der Waals surface area contributed by atoms with Crippen molar-refractivity contribution >= 4 is 23.4 Å². The number of nitrogens with zero attached hydrogens (tertiary/aromatic N) is 2. The molecule has 5 rings (SSSR count). The molecular weight excluding hydrogens is 520 g/mol. The molecule has 40 heavy (non-hydrogen) atoms. The van der Waals surface area contributed by atoms with E-state index < -0.39 is 12.0 Å². The van der Waals surface area contributed by atoms with Crippen LogP contribution >= 0.6 is 11.3 Å². The Kier molecular flexibility index (Phi) is 7.85. The lowest BCUT2D eigenvalue weighted by atomic mass is 9.96. The van der Waals surface area contributed by atoms with Crippen molar-refractivity contribution in [3.8, 4) is 5.75 Å². The molecule has 1 aliphatic heterocycles. The molecular formula is C33H32N2O4S. The predicted octanol–water partition coefficient (Wildman–Crippen LogP) is 5.30. The molecule has 0 spiro atoms. The molecule has 204 valence electrons. The van der Waals surface area contributed by atoms with Crippen LogP contribution in [0, 0.1) is 20.8 Å². The van der Waals surface area contributed by atoms with Gasteiger partial charge in [0.25, 0.3) is 5.56 Å². The number of esters is 1. The number of carbonyl (C=O) groups is 1. The second-order valence-electron chi connectivity index (χ2n) is 9.95. The van der Waals surface area contributed by atoms with Crippen LogP contribution in [-0.2, 0) is 16.1 Å². The lowest BCUT2D eigenvalue weighted by molar-refractivity contribution is -0.139. The minimum absolute atomic E-state index is 0.197. The van der Waals surface area contributed by atoms with Gasteiger partial charge in [0.15, 0.2) is 4.80 Å². The molecule has 2 heterocycles. The standard InChI is InChI=1S/C33H32N2O4S/c1-6-38-32(37)29-23(5)34-33-35(30(29)25-10-8-7-9-11-25)31(36)28(40-33)18-24-12-14-26(15-13-24)39-19-27-21(3)16-20(2)17-22(27)4/h7-18,30H,6,19H2,1-5H3/b28-18-/t30-/m0/s1. The number of aryl methyl sites for hydroxylation is 3. The highest BCUT2D eigenvalue weighted by atomic mass is 32.1. The van der Waals surface area contributed by atoms with Gasteiger partial charge < -0.3 is 9.47 Å². The summed E-state index contributed by atoms with van der Waals surface area (Å²) < 4.78 is 13.6. The van der Waals surface area contributed by atoms with E-state index in [1.165, 1.54) is 33.6 Å². The van der Waals surface area contributed by atoms with Crippen molar-refractivity contribution in [2.45, 2.75) is 47.3 Å². The summed E-state index contributed by atoms with van der Waals surface area (Å²) in [5.74, 6) is 0.301. The van der Waals surface area contributed by atoms with Gasteiger partial charge in [-0.05, 0) is 80.6 Å². The van der Waals surface area contributed by atoms with E-state index in [2.05, 4.69) is 37.9 Å². The van der Waals surface area contributed by atoms with Crippen LogP contribution in [0.25, 0.3) is 6.08 Å². The molecule has 1 aromatic heterocycles. The van der Waals surface area contributed by atoms with E-state index in [-0.39, 0.29) is 12.2 Å². The minimum atomic E-state index is -0.608. The molecule has 0 aliphatic carbocycles. The van der Waals surface area contributed by atoms with Crippen molar-refractivity contribution in [1.29, 1.82) is 0 Å². The van der Waals surface area contributed by atoms with Gasteiger partial charge in [-0.3, -0.25) is 9.36 Å². The van der Waals surface area contributed by atoms with Gasteiger partial charge in [0.05, 0.1) is 28.5 Å². The maximum absolute atomic E-state index is 13.7. The quantitative estimate of drug-likeness (QED) is 0.292. The molecule has 0 amide bonds. The summed E-state index contributed by atoms with van der Waals surface area (Å²) in [5.41, 5.74) is 7.33. The summed E-state index contributed by atoms with van der Waals surface area (Å²) >= 11 is 1.31. The lowest BCUT2D eigenvalue weighted by Crippen LogP contribution is -2.39.